The summed E-state index contributed by atoms with van der Waals surface area (Å²) < 4.78 is 10.3. The van der Waals surface area contributed by atoms with Crippen molar-refractivity contribution in [2.24, 2.45) is 11.8 Å². The molecule has 2 amide bonds. The van der Waals surface area contributed by atoms with Gasteiger partial charge in [0, 0.05) is 37.5 Å². The highest BCUT2D eigenvalue weighted by atomic mass is 16.5. The van der Waals surface area contributed by atoms with Crippen molar-refractivity contribution in [3.8, 4) is 0 Å². The standard InChI is InChI=1S/C19H34N2O5/c1-4-25-13-18(23)20-10-12-26-11-9-17(22)21-16-7-5-15(6-8-16)19(24)14(2)3/h14-16H,4-13H2,1-3H3,(H,20,23)(H,21,22)/t15-,16+. The molecule has 1 aliphatic carbocycles. The zero-order chi connectivity index (χ0) is 19.4. The number of Topliss-reactive ketones (excluding diaryl/α,β-unsaturated/α-hetero) is 1. The molecule has 0 aromatic rings. The maximum atomic E-state index is 12.0. The molecule has 1 fully saturated rings. The molecule has 0 aromatic carbocycles. The van der Waals surface area contributed by atoms with E-state index in [-0.39, 0.29) is 36.3 Å². The lowest BCUT2D eigenvalue weighted by Crippen LogP contribution is -2.39. The number of ether oxygens (including phenoxy) is 2. The van der Waals surface area contributed by atoms with Crippen LogP contribution in [-0.2, 0) is 23.9 Å². The van der Waals surface area contributed by atoms with E-state index in [9.17, 15) is 14.4 Å². The van der Waals surface area contributed by atoms with Crippen LogP contribution >= 0.6 is 0 Å². The summed E-state index contributed by atoms with van der Waals surface area (Å²) in [4.78, 5) is 35.3. The summed E-state index contributed by atoms with van der Waals surface area (Å²) in [6.45, 7) is 7.39. The Kier molecular flexibility index (Phi) is 11.1. The fourth-order valence-corrected chi connectivity index (χ4v) is 3.07. The fourth-order valence-electron chi connectivity index (χ4n) is 3.07. The van der Waals surface area contributed by atoms with Crippen LogP contribution < -0.4 is 10.6 Å². The Balaban J connectivity index is 2.04. The molecular weight excluding hydrogens is 336 g/mol. The van der Waals surface area contributed by atoms with Gasteiger partial charge in [-0.25, -0.2) is 0 Å². The van der Waals surface area contributed by atoms with Gasteiger partial charge in [0.15, 0.2) is 0 Å². The minimum absolute atomic E-state index is 0.0241. The van der Waals surface area contributed by atoms with E-state index >= 15 is 0 Å². The van der Waals surface area contributed by atoms with E-state index in [1.54, 1.807) is 0 Å². The molecule has 1 aliphatic rings. The van der Waals surface area contributed by atoms with Crippen LogP contribution in [-0.4, -0.2) is 56.6 Å². The van der Waals surface area contributed by atoms with Gasteiger partial charge < -0.3 is 20.1 Å². The Bertz CT molecular complexity index is 445. The van der Waals surface area contributed by atoms with E-state index in [4.69, 9.17) is 9.47 Å². The molecule has 2 N–H and O–H groups in total. The Morgan fingerprint density at radius 1 is 1.00 bits per heavy atom. The first-order valence-corrected chi connectivity index (χ1v) is 9.69. The van der Waals surface area contributed by atoms with Gasteiger partial charge >= 0.3 is 0 Å². The highest BCUT2D eigenvalue weighted by Crippen LogP contribution is 2.27. The quantitative estimate of drug-likeness (QED) is 0.507. The molecule has 0 heterocycles. The molecule has 0 bridgehead atoms. The van der Waals surface area contributed by atoms with Crippen molar-refractivity contribution < 1.29 is 23.9 Å². The second kappa shape index (κ2) is 12.8. The minimum atomic E-state index is -0.167. The number of carbonyl (C=O) groups excluding carboxylic acids is 3. The van der Waals surface area contributed by atoms with Crippen LogP contribution in [0.1, 0.15) is 52.9 Å². The second-order valence-corrected chi connectivity index (χ2v) is 7.02. The summed E-state index contributed by atoms with van der Waals surface area (Å²) in [7, 11) is 0. The van der Waals surface area contributed by atoms with Gasteiger partial charge in [-0.15, -0.1) is 0 Å². The highest BCUT2D eigenvalue weighted by molar-refractivity contribution is 5.83. The molecule has 1 saturated carbocycles. The molecule has 150 valence electrons. The van der Waals surface area contributed by atoms with E-state index in [1.165, 1.54) is 0 Å². The number of amides is 2. The summed E-state index contributed by atoms with van der Waals surface area (Å²) >= 11 is 0. The van der Waals surface area contributed by atoms with Crippen molar-refractivity contribution in [1.82, 2.24) is 10.6 Å². The molecule has 0 atom stereocenters. The number of carbonyl (C=O) groups is 3. The van der Waals surface area contributed by atoms with Gasteiger partial charge in [-0.05, 0) is 32.6 Å². The van der Waals surface area contributed by atoms with Gasteiger partial charge in [0.25, 0.3) is 0 Å². The van der Waals surface area contributed by atoms with E-state index in [2.05, 4.69) is 10.6 Å². The molecule has 7 nitrogen and oxygen atoms in total. The molecule has 0 aromatic heterocycles. The maximum Gasteiger partial charge on any atom is 0.246 e. The lowest BCUT2D eigenvalue weighted by Gasteiger charge is -2.29. The second-order valence-electron chi connectivity index (χ2n) is 7.02. The van der Waals surface area contributed by atoms with Crippen molar-refractivity contribution in [3.05, 3.63) is 0 Å². The van der Waals surface area contributed by atoms with Crippen LogP contribution in [0.3, 0.4) is 0 Å². The van der Waals surface area contributed by atoms with Crippen LogP contribution in [0.5, 0.6) is 0 Å². The number of rotatable bonds is 12. The molecule has 0 saturated heterocycles. The molecule has 0 spiro atoms. The SMILES string of the molecule is CCOCC(=O)NCCOCCC(=O)N[C@H]1CC[C@@H](C(=O)C(C)C)CC1. The maximum absolute atomic E-state index is 12.0. The van der Waals surface area contributed by atoms with E-state index in [1.807, 2.05) is 20.8 Å². The third-order valence-electron chi connectivity index (χ3n) is 4.54. The minimum Gasteiger partial charge on any atom is -0.379 e. The number of hydrogen-bond donors (Lipinski definition) is 2. The van der Waals surface area contributed by atoms with Crippen molar-refractivity contribution in [2.45, 2.75) is 58.9 Å². The molecule has 0 aliphatic heterocycles. The van der Waals surface area contributed by atoms with Crippen LogP contribution in [0.2, 0.25) is 0 Å². The van der Waals surface area contributed by atoms with Gasteiger partial charge in [0.2, 0.25) is 11.8 Å². The molecule has 0 unspecified atom stereocenters. The van der Waals surface area contributed by atoms with E-state index in [0.717, 1.165) is 25.7 Å². The average molecular weight is 370 g/mol. The zero-order valence-corrected chi connectivity index (χ0v) is 16.3. The predicted octanol–water partition coefficient (Wildman–Crippen LogP) is 1.45. The third-order valence-corrected chi connectivity index (χ3v) is 4.54. The average Bonchev–Trinajstić information content (AvgIpc) is 2.62. The lowest BCUT2D eigenvalue weighted by molar-refractivity contribution is -0.127. The third kappa shape index (κ3) is 9.29. The topological polar surface area (TPSA) is 93.7 Å². The highest BCUT2D eigenvalue weighted by Gasteiger charge is 2.28. The summed E-state index contributed by atoms with van der Waals surface area (Å²) in [6.07, 6.45) is 3.75. The van der Waals surface area contributed by atoms with Gasteiger partial charge in [0.05, 0.1) is 13.2 Å². The Morgan fingerprint density at radius 3 is 2.31 bits per heavy atom. The normalized spacial score (nSPS) is 20.0. The van der Waals surface area contributed by atoms with Crippen molar-refractivity contribution in [3.63, 3.8) is 0 Å². The Labute approximate surface area is 156 Å². The molecular formula is C19H34N2O5. The largest absolute Gasteiger partial charge is 0.379 e. The Hall–Kier alpha value is -1.47. The van der Waals surface area contributed by atoms with E-state index in [0.29, 0.717) is 38.6 Å². The summed E-state index contributed by atoms with van der Waals surface area (Å²) in [5, 5.41) is 5.70. The van der Waals surface area contributed by atoms with Gasteiger partial charge in [-0.2, -0.15) is 0 Å². The van der Waals surface area contributed by atoms with Crippen molar-refractivity contribution in [2.75, 3.05) is 33.0 Å². The van der Waals surface area contributed by atoms with Crippen LogP contribution in [0.4, 0.5) is 0 Å². The number of nitrogens with one attached hydrogen (secondary N) is 2. The van der Waals surface area contributed by atoms with Crippen molar-refractivity contribution >= 4 is 17.6 Å². The predicted molar refractivity (Wildman–Crippen MR) is 98.7 cm³/mol. The molecule has 1 rings (SSSR count). The smallest absolute Gasteiger partial charge is 0.246 e. The lowest BCUT2D eigenvalue weighted by atomic mass is 9.80. The van der Waals surface area contributed by atoms with Gasteiger partial charge in [-0.3, -0.25) is 14.4 Å². The zero-order valence-electron chi connectivity index (χ0n) is 16.3. The Morgan fingerprint density at radius 2 is 1.69 bits per heavy atom. The van der Waals surface area contributed by atoms with Crippen LogP contribution in [0.25, 0.3) is 0 Å². The molecule has 0 radical (unpaired) electrons. The molecule has 26 heavy (non-hydrogen) atoms. The molecule has 7 heteroatoms. The van der Waals surface area contributed by atoms with E-state index < -0.39 is 0 Å². The first-order chi connectivity index (χ1) is 12.4. The number of ketones is 1. The first-order valence-electron chi connectivity index (χ1n) is 9.69. The first kappa shape index (κ1) is 22.6. The summed E-state index contributed by atoms with van der Waals surface area (Å²) in [5.41, 5.74) is 0. The van der Waals surface area contributed by atoms with Gasteiger partial charge in [0.1, 0.15) is 12.4 Å². The van der Waals surface area contributed by atoms with Gasteiger partial charge in [-0.1, -0.05) is 13.8 Å². The van der Waals surface area contributed by atoms with Crippen LogP contribution in [0, 0.1) is 11.8 Å². The monoisotopic (exact) mass is 370 g/mol. The number of hydrogen-bond acceptors (Lipinski definition) is 5. The van der Waals surface area contributed by atoms with Crippen molar-refractivity contribution in [1.29, 1.82) is 0 Å². The summed E-state index contributed by atoms with van der Waals surface area (Å²) in [5.74, 6) is 0.400. The summed E-state index contributed by atoms with van der Waals surface area (Å²) in [6, 6.07) is 0.163. The fraction of sp³-hybridized carbons (Fsp3) is 0.842. The van der Waals surface area contributed by atoms with Crippen LogP contribution in [0.15, 0.2) is 0 Å².